The molecule has 2 aliphatic rings. The molecule has 0 radical (unpaired) electrons. The summed E-state index contributed by atoms with van der Waals surface area (Å²) in [6.45, 7) is 3.34. The minimum atomic E-state index is -4.11. The predicted octanol–water partition coefficient (Wildman–Crippen LogP) is 3.44. The third kappa shape index (κ3) is 5.45. The molecular weight excluding hydrogens is 293 g/mol. The first kappa shape index (κ1) is 17.6. The minimum absolute atomic E-state index is 0.0164. The molecule has 2 rings (SSSR count). The first-order valence-electron chi connectivity index (χ1n) is 8.53. The van der Waals surface area contributed by atoms with Gasteiger partial charge >= 0.3 is 6.18 Å². The van der Waals surface area contributed by atoms with Gasteiger partial charge in [0.2, 0.25) is 5.91 Å². The van der Waals surface area contributed by atoms with Crippen molar-refractivity contribution in [2.45, 2.75) is 57.5 Å². The largest absolute Gasteiger partial charge is 0.391 e. The van der Waals surface area contributed by atoms with Crippen molar-refractivity contribution >= 4 is 5.91 Å². The summed E-state index contributed by atoms with van der Waals surface area (Å²) in [4.78, 5) is 16.1. The Bertz CT molecular complexity index is 344. The maximum absolute atomic E-state index is 12.6. The van der Waals surface area contributed by atoms with Crippen molar-refractivity contribution in [3.63, 3.8) is 0 Å². The van der Waals surface area contributed by atoms with Crippen molar-refractivity contribution in [3.05, 3.63) is 0 Å². The molecule has 1 amide bonds. The summed E-state index contributed by atoms with van der Waals surface area (Å²) in [6.07, 6.45) is 2.64. The molecule has 0 aromatic rings. The number of carbonyl (C=O) groups is 1. The zero-order valence-corrected chi connectivity index (χ0v) is 13.2. The van der Waals surface area contributed by atoms with Crippen molar-refractivity contribution < 1.29 is 18.0 Å². The average Bonchev–Trinajstić information content (AvgIpc) is 2.45. The van der Waals surface area contributed by atoms with E-state index in [4.69, 9.17) is 0 Å². The summed E-state index contributed by atoms with van der Waals surface area (Å²) in [5, 5.41) is 0. The van der Waals surface area contributed by atoms with E-state index in [1.54, 1.807) is 4.90 Å². The Kier molecular flexibility index (Phi) is 6.53. The summed E-state index contributed by atoms with van der Waals surface area (Å²) in [5.74, 6) is -1.21. The van der Waals surface area contributed by atoms with Gasteiger partial charge in [-0.1, -0.05) is 19.3 Å². The Morgan fingerprint density at radius 1 is 0.909 bits per heavy atom. The lowest BCUT2D eigenvalue weighted by atomic mass is 9.96. The molecule has 2 heterocycles. The number of piperidine rings is 1. The Morgan fingerprint density at radius 3 is 2.00 bits per heavy atom. The zero-order chi connectivity index (χ0) is 16.0. The van der Waals surface area contributed by atoms with E-state index in [0.29, 0.717) is 6.42 Å². The second-order valence-corrected chi connectivity index (χ2v) is 6.56. The predicted molar refractivity (Wildman–Crippen MR) is 79.5 cm³/mol. The lowest BCUT2D eigenvalue weighted by Crippen LogP contribution is -2.43. The van der Waals surface area contributed by atoms with E-state index in [1.165, 1.54) is 32.1 Å². The van der Waals surface area contributed by atoms with Gasteiger partial charge in [-0.15, -0.1) is 0 Å². The average molecular weight is 320 g/mol. The second kappa shape index (κ2) is 8.18. The summed E-state index contributed by atoms with van der Waals surface area (Å²) >= 11 is 0. The van der Waals surface area contributed by atoms with Crippen LogP contribution in [-0.4, -0.2) is 54.6 Å². The fourth-order valence-corrected chi connectivity index (χ4v) is 3.40. The highest BCUT2D eigenvalue weighted by Gasteiger charge is 2.41. The number of carbonyl (C=O) groups excluding carboxylic acids is 1. The third-order valence-electron chi connectivity index (χ3n) is 4.90. The molecule has 0 aliphatic carbocycles. The SMILES string of the molecule is O=C(CCN1CCCCCCC1)N1CCC(C(F)(F)F)CC1. The lowest BCUT2D eigenvalue weighted by Gasteiger charge is -2.33. The fourth-order valence-electron chi connectivity index (χ4n) is 3.40. The van der Waals surface area contributed by atoms with Gasteiger partial charge in [0.05, 0.1) is 5.92 Å². The highest BCUT2D eigenvalue weighted by molar-refractivity contribution is 5.76. The van der Waals surface area contributed by atoms with Crippen LogP contribution in [-0.2, 0) is 4.79 Å². The highest BCUT2D eigenvalue weighted by atomic mass is 19.4. The fraction of sp³-hybridized carbons (Fsp3) is 0.938. The topological polar surface area (TPSA) is 23.6 Å². The van der Waals surface area contributed by atoms with Crippen LogP contribution >= 0.6 is 0 Å². The first-order chi connectivity index (χ1) is 10.5. The van der Waals surface area contributed by atoms with Crippen LogP contribution < -0.4 is 0 Å². The van der Waals surface area contributed by atoms with E-state index in [9.17, 15) is 18.0 Å². The van der Waals surface area contributed by atoms with Crippen molar-refractivity contribution in [2.75, 3.05) is 32.7 Å². The van der Waals surface area contributed by atoms with Gasteiger partial charge in [-0.2, -0.15) is 13.2 Å². The molecule has 2 aliphatic heterocycles. The molecule has 0 N–H and O–H groups in total. The molecule has 128 valence electrons. The standard InChI is InChI=1S/C16H27F3N2O/c17-16(18,19)14-6-12-21(13-7-14)15(22)8-11-20-9-4-2-1-3-5-10-20/h14H,1-13H2. The molecule has 3 nitrogen and oxygen atoms in total. The molecule has 6 heteroatoms. The van der Waals surface area contributed by atoms with Gasteiger partial charge in [-0.05, 0) is 38.8 Å². The van der Waals surface area contributed by atoms with Crippen LogP contribution in [0.15, 0.2) is 0 Å². The molecular formula is C16H27F3N2O. The number of hydrogen-bond acceptors (Lipinski definition) is 2. The van der Waals surface area contributed by atoms with Crippen LogP contribution in [0.4, 0.5) is 13.2 Å². The van der Waals surface area contributed by atoms with Gasteiger partial charge in [0.15, 0.2) is 0 Å². The Hall–Kier alpha value is -0.780. The maximum atomic E-state index is 12.6. The van der Waals surface area contributed by atoms with Crippen LogP contribution in [0.3, 0.4) is 0 Å². The van der Waals surface area contributed by atoms with E-state index in [1.807, 2.05) is 0 Å². The molecule has 0 aromatic heterocycles. The Labute approximate surface area is 130 Å². The number of alkyl halides is 3. The van der Waals surface area contributed by atoms with E-state index >= 15 is 0 Å². The zero-order valence-electron chi connectivity index (χ0n) is 13.2. The monoisotopic (exact) mass is 320 g/mol. The van der Waals surface area contributed by atoms with Crippen LogP contribution in [0.25, 0.3) is 0 Å². The van der Waals surface area contributed by atoms with E-state index < -0.39 is 12.1 Å². The summed E-state index contributed by atoms with van der Waals surface area (Å²) in [5.41, 5.74) is 0. The molecule has 2 fully saturated rings. The Morgan fingerprint density at radius 2 is 1.45 bits per heavy atom. The number of rotatable bonds is 3. The number of nitrogens with zero attached hydrogens (tertiary/aromatic N) is 2. The summed E-state index contributed by atoms with van der Waals surface area (Å²) in [7, 11) is 0. The first-order valence-corrected chi connectivity index (χ1v) is 8.53. The summed E-state index contributed by atoms with van der Waals surface area (Å²) in [6, 6.07) is 0. The van der Waals surface area contributed by atoms with Crippen LogP contribution in [0.5, 0.6) is 0 Å². The van der Waals surface area contributed by atoms with Crippen molar-refractivity contribution in [3.8, 4) is 0 Å². The van der Waals surface area contributed by atoms with Crippen LogP contribution in [0, 0.1) is 5.92 Å². The Balaban J connectivity index is 1.69. The quantitative estimate of drug-likeness (QED) is 0.795. The number of hydrogen-bond donors (Lipinski definition) is 0. The molecule has 0 spiro atoms. The highest BCUT2D eigenvalue weighted by Crippen LogP contribution is 2.34. The second-order valence-electron chi connectivity index (χ2n) is 6.56. The molecule has 22 heavy (non-hydrogen) atoms. The van der Waals surface area contributed by atoms with Gasteiger partial charge in [-0.25, -0.2) is 0 Å². The molecule has 0 bridgehead atoms. The van der Waals surface area contributed by atoms with Gasteiger partial charge in [-0.3, -0.25) is 4.79 Å². The van der Waals surface area contributed by atoms with E-state index in [-0.39, 0.29) is 31.8 Å². The van der Waals surface area contributed by atoms with Crippen molar-refractivity contribution in [2.24, 2.45) is 5.92 Å². The van der Waals surface area contributed by atoms with Crippen LogP contribution in [0.1, 0.15) is 51.4 Å². The number of halogens is 3. The van der Waals surface area contributed by atoms with Gasteiger partial charge in [0.1, 0.15) is 0 Å². The van der Waals surface area contributed by atoms with Crippen molar-refractivity contribution in [1.82, 2.24) is 9.80 Å². The van der Waals surface area contributed by atoms with Crippen LogP contribution in [0.2, 0.25) is 0 Å². The molecule has 0 unspecified atom stereocenters. The smallest absolute Gasteiger partial charge is 0.343 e. The van der Waals surface area contributed by atoms with E-state index in [2.05, 4.69) is 4.90 Å². The molecule has 0 aromatic carbocycles. The molecule has 0 atom stereocenters. The normalized spacial score (nSPS) is 23.1. The maximum Gasteiger partial charge on any atom is 0.391 e. The molecule has 2 saturated heterocycles. The van der Waals surface area contributed by atoms with Gasteiger partial charge in [0, 0.05) is 26.1 Å². The minimum Gasteiger partial charge on any atom is -0.343 e. The number of amides is 1. The lowest BCUT2D eigenvalue weighted by molar-refractivity contribution is -0.186. The van der Waals surface area contributed by atoms with Crippen molar-refractivity contribution in [1.29, 1.82) is 0 Å². The van der Waals surface area contributed by atoms with E-state index in [0.717, 1.165) is 19.6 Å². The summed E-state index contributed by atoms with van der Waals surface area (Å²) < 4.78 is 37.9. The van der Waals surface area contributed by atoms with Gasteiger partial charge < -0.3 is 9.80 Å². The third-order valence-corrected chi connectivity index (χ3v) is 4.90. The molecule has 0 saturated carbocycles. The van der Waals surface area contributed by atoms with Gasteiger partial charge in [0.25, 0.3) is 0 Å². The number of likely N-dealkylation sites (tertiary alicyclic amines) is 2.